The van der Waals surface area contributed by atoms with E-state index in [0.717, 1.165) is 0 Å². The van der Waals surface area contributed by atoms with Crippen molar-refractivity contribution in [3.63, 3.8) is 0 Å². The molecular weight excluding hydrogens is 306 g/mol. The van der Waals surface area contributed by atoms with Crippen LogP contribution in [-0.4, -0.2) is 40.8 Å². The molecular formula is C14H17N3O6. The number of carbonyl (C=O) groups excluding carboxylic acids is 2. The molecule has 9 heteroatoms. The maximum atomic E-state index is 11.9. The van der Waals surface area contributed by atoms with Gasteiger partial charge in [0.2, 0.25) is 0 Å². The van der Waals surface area contributed by atoms with Crippen LogP contribution in [0.15, 0.2) is 17.1 Å². The van der Waals surface area contributed by atoms with Crippen molar-refractivity contribution in [3.8, 4) is 0 Å². The van der Waals surface area contributed by atoms with Crippen LogP contribution in [0.3, 0.4) is 0 Å². The number of nitrogen functional groups attached to an aromatic ring is 1. The molecule has 0 radical (unpaired) electrons. The van der Waals surface area contributed by atoms with Crippen molar-refractivity contribution < 1.29 is 23.8 Å². The van der Waals surface area contributed by atoms with Gasteiger partial charge in [-0.2, -0.15) is 4.98 Å². The number of hydrogen-bond donors (Lipinski definition) is 1. The van der Waals surface area contributed by atoms with E-state index in [1.54, 1.807) is 0 Å². The Morgan fingerprint density at radius 2 is 1.83 bits per heavy atom. The molecule has 0 bridgehead atoms. The highest BCUT2D eigenvalue weighted by Crippen LogP contribution is 2.33. The molecule has 3 unspecified atom stereocenters. The topological polar surface area (TPSA) is 123 Å². The standard InChI is InChI=1S/C14H17N3O6/c15-10-3-4-17(14(20)16-10)11-5-8-6-21-12(18)1-2-13(19)22-7-9(8)23-11/h3-4,8-9,11H,1-2,5-7H2,(H2,15,16,20). The van der Waals surface area contributed by atoms with Gasteiger partial charge in [-0.15, -0.1) is 0 Å². The van der Waals surface area contributed by atoms with Gasteiger partial charge in [-0.3, -0.25) is 14.2 Å². The third-order valence-electron chi connectivity index (χ3n) is 3.92. The predicted molar refractivity (Wildman–Crippen MR) is 76.1 cm³/mol. The largest absolute Gasteiger partial charge is 0.465 e. The lowest BCUT2D eigenvalue weighted by molar-refractivity contribution is -0.158. The molecule has 2 saturated heterocycles. The SMILES string of the molecule is Nc1ccn(C2CC3COC(=O)CCC(=O)OCC3O2)c(=O)n1. The Bertz CT molecular complexity index is 645. The number of nitrogens with two attached hydrogens (primary N) is 1. The van der Waals surface area contributed by atoms with Gasteiger partial charge in [-0.1, -0.05) is 0 Å². The Kier molecular flexibility index (Phi) is 4.28. The van der Waals surface area contributed by atoms with Gasteiger partial charge in [-0.25, -0.2) is 4.79 Å². The average Bonchev–Trinajstić information content (AvgIpc) is 2.91. The Morgan fingerprint density at radius 3 is 2.52 bits per heavy atom. The lowest BCUT2D eigenvalue weighted by Gasteiger charge is -2.19. The summed E-state index contributed by atoms with van der Waals surface area (Å²) in [6.07, 6.45) is 0.928. The van der Waals surface area contributed by atoms with E-state index in [1.165, 1.54) is 16.8 Å². The van der Waals surface area contributed by atoms with Crippen molar-refractivity contribution in [2.75, 3.05) is 18.9 Å². The predicted octanol–water partition coefficient (Wildman–Crippen LogP) is -0.391. The first-order valence-electron chi connectivity index (χ1n) is 7.34. The highest BCUT2D eigenvalue weighted by atomic mass is 16.6. The van der Waals surface area contributed by atoms with Crippen LogP contribution in [0.25, 0.3) is 0 Å². The molecule has 23 heavy (non-hydrogen) atoms. The molecule has 3 heterocycles. The number of fused-ring (bicyclic) bond motifs is 1. The summed E-state index contributed by atoms with van der Waals surface area (Å²) in [7, 11) is 0. The minimum Gasteiger partial charge on any atom is -0.465 e. The van der Waals surface area contributed by atoms with Gasteiger partial charge in [0.15, 0.2) is 0 Å². The summed E-state index contributed by atoms with van der Waals surface area (Å²) in [5, 5.41) is 0. The fraction of sp³-hybridized carbons (Fsp3) is 0.571. The number of rotatable bonds is 1. The van der Waals surface area contributed by atoms with Crippen molar-refractivity contribution in [2.24, 2.45) is 5.92 Å². The normalized spacial score (nSPS) is 28.6. The molecule has 3 atom stereocenters. The second kappa shape index (κ2) is 6.37. The fourth-order valence-corrected chi connectivity index (χ4v) is 2.68. The summed E-state index contributed by atoms with van der Waals surface area (Å²) in [4.78, 5) is 38.6. The molecule has 2 fully saturated rings. The molecule has 0 aromatic carbocycles. The molecule has 1 aromatic rings. The van der Waals surface area contributed by atoms with Gasteiger partial charge in [-0.05, 0) is 6.07 Å². The van der Waals surface area contributed by atoms with Crippen LogP contribution in [0.4, 0.5) is 5.82 Å². The molecule has 3 rings (SSSR count). The molecule has 0 amide bonds. The summed E-state index contributed by atoms with van der Waals surface area (Å²) in [5.74, 6) is -0.955. The van der Waals surface area contributed by atoms with Crippen molar-refractivity contribution in [1.29, 1.82) is 0 Å². The number of cyclic esters (lactones) is 2. The molecule has 1 aromatic heterocycles. The van der Waals surface area contributed by atoms with Crippen LogP contribution in [0, 0.1) is 5.92 Å². The molecule has 2 aliphatic heterocycles. The third kappa shape index (κ3) is 3.50. The Morgan fingerprint density at radius 1 is 1.13 bits per heavy atom. The zero-order valence-electron chi connectivity index (χ0n) is 12.3. The number of anilines is 1. The Balaban J connectivity index is 1.77. The Labute approximate surface area is 131 Å². The maximum Gasteiger partial charge on any atom is 0.351 e. The number of carbonyl (C=O) groups is 2. The van der Waals surface area contributed by atoms with Crippen LogP contribution in [0.2, 0.25) is 0 Å². The lowest BCUT2D eigenvalue weighted by Crippen LogP contribution is -2.30. The van der Waals surface area contributed by atoms with Crippen LogP contribution >= 0.6 is 0 Å². The summed E-state index contributed by atoms with van der Waals surface area (Å²) in [5.41, 5.74) is 4.95. The maximum absolute atomic E-state index is 11.9. The minimum atomic E-state index is -0.566. The van der Waals surface area contributed by atoms with Gasteiger partial charge in [0, 0.05) is 18.5 Å². The number of nitrogens with zero attached hydrogens (tertiary/aromatic N) is 2. The zero-order chi connectivity index (χ0) is 16.4. The molecule has 0 spiro atoms. The van der Waals surface area contributed by atoms with E-state index in [0.29, 0.717) is 6.42 Å². The molecule has 9 nitrogen and oxygen atoms in total. The second-order valence-electron chi connectivity index (χ2n) is 5.53. The van der Waals surface area contributed by atoms with E-state index in [1.807, 2.05) is 0 Å². The van der Waals surface area contributed by atoms with Crippen LogP contribution in [0.1, 0.15) is 25.5 Å². The smallest absolute Gasteiger partial charge is 0.351 e. The summed E-state index contributed by atoms with van der Waals surface area (Å²) in [6, 6.07) is 1.50. The summed E-state index contributed by atoms with van der Waals surface area (Å²) < 4.78 is 17.4. The summed E-state index contributed by atoms with van der Waals surface area (Å²) >= 11 is 0. The van der Waals surface area contributed by atoms with Gasteiger partial charge in [0.05, 0.1) is 19.4 Å². The van der Waals surface area contributed by atoms with Crippen molar-refractivity contribution in [1.82, 2.24) is 9.55 Å². The van der Waals surface area contributed by atoms with E-state index in [9.17, 15) is 14.4 Å². The van der Waals surface area contributed by atoms with Crippen molar-refractivity contribution in [2.45, 2.75) is 31.6 Å². The monoisotopic (exact) mass is 323 g/mol. The Hall–Kier alpha value is -2.42. The first-order chi connectivity index (χ1) is 11.0. The lowest BCUT2D eigenvalue weighted by atomic mass is 10.0. The quantitative estimate of drug-likeness (QED) is 0.693. The van der Waals surface area contributed by atoms with E-state index in [4.69, 9.17) is 19.9 Å². The van der Waals surface area contributed by atoms with E-state index in [2.05, 4.69) is 4.98 Å². The molecule has 124 valence electrons. The van der Waals surface area contributed by atoms with E-state index < -0.39 is 30.0 Å². The summed E-state index contributed by atoms with van der Waals surface area (Å²) in [6.45, 7) is 0.226. The van der Waals surface area contributed by atoms with Gasteiger partial charge < -0.3 is 19.9 Å². The molecule has 0 saturated carbocycles. The van der Waals surface area contributed by atoms with Gasteiger partial charge in [0.25, 0.3) is 0 Å². The minimum absolute atomic E-state index is 0.00183. The van der Waals surface area contributed by atoms with Crippen LogP contribution in [-0.2, 0) is 23.8 Å². The number of hydrogen-bond acceptors (Lipinski definition) is 8. The molecule has 0 aliphatic carbocycles. The number of ether oxygens (including phenoxy) is 3. The number of esters is 2. The van der Waals surface area contributed by atoms with Crippen LogP contribution in [0.5, 0.6) is 0 Å². The van der Waals surface area contributed by atoms with Gasteiger partial charge >= 0.3 is 17.6 Å². The van der Waals surface area contributed by atoms with E-state index >= 15 is 0 Å². The fourth-order valence-electron chi connectivity index (χ4n) is 2.68. The highest BCUT2D eigenvalue weighted by Gasteiger charge is 2.38. The third-order valence-corrected chi connectivity index (χ3v) is 3.92. The first-order valence-corrected chi connectivity index (χ1v) is 7.34. The number of aromatic nitrogens is 2. The zero-order valence-corrected chi connectivity index (χ0v) is 12.3. The second-order valence-corrected chi connectivity index (χ2v) is 5.53. The highest BCUT2D eigenvalue weighted by molar-refractivity contribution is 5.77. The van der Waals surface area contributed by atoms with Crippen molar-refractivity contribution in [3.05, 3.63) is 22.7 Å². The first kappa shape index (κ1) is 15.5. The van der Waals surface area contributed by atoms with Crippen LogP contribution < -0.4 is 11.4 Å². The van der Waals surface area contributed by atoms with Gasteiger partial charge in [0.1, 0.15) is 24.8 Å². The average molecular weight is 323 g/mol. The molecule has 2 aliphatic rings. The van der Waals surface area contributed by atoms with Crippen molar-refractivity contribution >= 4 is 17.8 Å². The molecule has 2 N–H and O–H groups in total. The van der Waals surface area contributed by atoms with E-state index in [-0.39, 0.29) is 37.8 Å².